The van der Waals surface area contributed by atoms with Gasteiger partial charge in [0.05, 0.1) is 5.52 Å². The lowest BCUT2D eigenvalue weighted by molar-refractivity contribution is -0.135. The van der Waals surface area contributed by atoms with Crippen molar-refractivity contribution >= 4 is 22.7 Å². The molecule has 1 unspecified atom stereocenters. The second-order valence-electron chi connectivity index (χ2n) is 7.47. The monoisotopic (exact) mass is 359 g/mol. The highest BCUT2D eigenvalue weighted by atomic mass is 16.2. The molecule has 0 radical (unpaired) electrons. The van der Waals surface area contributed by atoms with Crippen molar-refractivity contribution in [3.8, 4) is 11.3 Å². The van der Waals surface area contributed by atoms with E-state index in [0.29, 0.717) is 12.8 Å². The van der Waals surface area contributed by atoms with E-state index in [-0.39, 0.29) is 11.8 Å². The summed E-state index contributed by atoms with van der Waals surface area (Å²) in [7, 11) is 0. The van der Waals surface area contributed by atoms with Crippen LogP contribution < -0.4 is 5.32 Å². The number of amides is 2. The molecule has 3 aromatic rings. The zero-order valence-electron chi connectivity index (χ0n) is 15.1. The zero-order valence-corrected chi connectivity index (χ0v) is 15.1. The van der Waals surface area contributed by atoms with E-state index < -0.39 is 6.04 Å². The third-order valence-corrected chi connectivity index (χ3v) is 5.74. The number of fused-ring (bicyclic) bond motifs is 2. The number of aryl methyl sites for hydroxylation is 2. The Bertz CT molecular complexity index is 1070. The predicted molar refractivity (Wildman–Crippen MR) is 103 cm³/mol. The molecule has 1 aromatic heterocycles. The molecule has 136 valence electrons. The Morgan fingerprint density at radius 1 is 0.963 bits per heavy atom. The van der Waals surface area contributed by atoms with Crippen molar-refractivity contribution in [2.75, 3.05) is 0 Å². The summed E-state index contributed by atoms with van der Waals surface area (Å²) in [6.45, 7) is 0. The lowest BCUT2D eigenvalue weighted by atomic mass is 9.89. The second kappa shape index (κ2) is 6.34. The lowest BCUT2D eigenvalue weighted by Crippen LogP contribution is -2.42. The lowest BCUT2D eigenvalue weighted by Gasteiger charge is -2.21. The molecule has 1 aliphatic heterocycles. The summed E-state index contributed by atoms with van der Waals surface area (Å²) < 4.78 is 1.80. The van der Waals surface area contributed by atoms with E-state index in [9.17, 15) is 9.59 Å². The third kappa shape index (κ3) is 2.74. The van der Waals surface area contributed by atoms with Crippen molar-refractivity contribution in [3.05, 3.63) is 53.6 Å². The Balaban J connectivity index is 1.64. The highest BCUT2D eigenvalue weighted by Crippen LogP contribution is 2.33. The van der Waals surface area contributed by atoms with Crippen LogP contribution in [0, 0.1) is 0 Å². The van der Waals surface area contributed by atoms with Gasteiger partial charge in [-0.25, -0.2) is 0 Å². The quantitative estimate of drug-likeness (QED) is 0.712. The molecule has 0 spiro atoms. The molecule has 1 aliphatic carbocycles. The number of nitrogens with zero attached hydrogens (tertiary/aromatic N) is 2. The fourth-order valence-corrected chi connectivity index (χ4v) is 4.34. The Morgan fingerprint density at radius 2 is 1.78 bits per heavy atom. The van der Waals surface area contributed by atoms with Gasteiger partial charge in [0.1, 0.15) is 11.7 Å². The van der Waals surface area contributed by atoms with Crippen molar-refractivity contribution in [2.24, 2.45) is 0 Å². The van der Waals surface area contributed by atoms with Crippen LogP contribution in [0.25, 0.3) is 22.2 Å². The molecule has 1 saturated heterocycles. The summed E-state index contributed by atoms with van der Waals surface area (Å²) in [6, 6.07) is 14.2. The van der Waals surface area contributed by atoms with Crippen molar-refractivity contribution in [1.29, 1.82) is 0 Å². The summed E-state index contributed by atoms with van der Waals surface area (Å²) in [5, 5.41) is 8.34. The van der Waals surface area contributed by atoms with Gasteiger partial charge in [-0.3, -0.25) is 19.6 Å². The molecule has 0 bridgehead atoms. The van der Waals surface area contributed by atoms with Crippen LogP contribution in [0.4, 0.5) is 0 Å². The van der Waals surface area contributed by atoms with Gasteiger partial charge >= 0.3 is 0 Å². The fourth-order valence-electron chi connectivity index (χ4n) is 4.34. The van der Waals surface area contributed by atoms with Crippen LogP contribution in [0.1, 0.15) is 42.9 Å². The standard InChI is InChI=1S/C22H21N3O2/c26-20-12-11-19(22(27)23-20)25-18-8-4-3-7-17(18)21(24-25)16-10-9-14-5-1-2-6-15(14)13-16/h3-4,7-10,13,19H,1-2,5-6,11-12H2,(H,23,26,27). The number of aromatic nitrogens is 2. The number of imide groups is 1. The number of piperidine rings is 1. The average Bonchev–Trinajstić information content (AvgIpc) is 3.07. The maximum atomic E-state index is 12.4. The van der Waals surface area contributed by atoms with Crippen LogP contribution in [0.15, 0.2) is 42.5 Å². The molecule has 5 heteroatoms. The van der Waals surface area contributed by atoms with Crippen LogP contribution >= 0.6 is 0 Å². The van der Waals surface area contributed by atoms with Gasteiger partial charge in [0.2, 0.25) is 5.91 Å². The molecule has 1 atom stereocenters. The molecular weight excluding hydrogens is 338 g/mol. The van der Waals surface area contributed by atoms with Crippen molar-refractivity contribution in [1.82, 2.24) is 15.1 Å². The van der Waals surface area contributed by atoms with Crippen molar-refractivity contribution in [3.63, 3.8) is 0 Å². The first-order valence-corrected chi connectivity index (χ1v) is 9.64. The van der Waals surface area contributed by atoms with E-state index in [0.717, 1.165) is 35.0 Å². The molecule has 1 fully saturated rings. The topological polar surface area (TPSA) is 64.0 Å². The smallest absolute Gasteiger partial charge is 0.251 e. The first-order valence-electron chi connectivity index (χ1n) is 9.64. The van der Waals surface area contributed by atoms with Crippen molar-refractivity contribution < 1.29 is 9.59 Å². The summed E-state index contributed by atoms with van der Waals surface area (Å²) in [6.07, 6.45) is 5.61. The molecule has 27 heavy (non-hydrogen) atoms. The van der Waals surface area contributed by atoms with Gasteiger partial charge in [-0.15, -0.1) is 0 Å². The van der Waals surface area contributed by atoms with Gasteiger partial charge < -0.3 is 0 Å². The Hall–Kier alpha value is -2.95. The fraction of sp³-hybridized carbons (Fsp3) is 0.318. The van der Waals surface area contributed by atoms with E-state index in [4.69, 9.17) is 5.10 Å². The van der Waals surface area contributed by atoms with Gasteiger partial charge in [-0.2, -0.15) is 5.10 Å². The normalized spacial score (nSPS) is 19.8. The molecule has 2 amide bonds. The highest BCUT2D eigenvalue weighted by Gasteiger charge is 2.30. The molecule has 1 N–H and O–H groups in total. The predicted octanol–water partition coefficient (Wildman–Crippen LogP) is 3.56. The Kier molecular flexibility index (Phi) is 3.81. The van der Waals surface area contributed by atoms with E-state index in [2.05, 4.69) is 29.6 Å². The van der Waals surface area contributed by atoms with Gasteiger partial charge in [0.25, 0.3) is 5.91 Å². The van der Waals surface area contributed by atoms with Crippen LogP contribution in [-0.4, -0.2) is 21.6 Å². The molecule has 2 aliphatic rings. The van der Waals surface area contributed by atoms with Gasteiger partial charge in [0.15, 0.2) is 0 Å². The van der Waals surface area contributed by atoms with Crippen LogP contribution in [0.5, 0.6) is 0 Å². The van der Waals surface area contributed by atoms with E-state index in [1.807, 2.05) is 18.2 Å². The third-order valence-electron chi connectivity index (χ3n) is 5.74. The number of benzene rings is 2. The average molecular weight is 359 g/mol. The first-order chi connectivity index (χ1) is 13.2. The summed E-state index contributed by atoms with van der Waals surface area (Å²) >= 11 is 0. The SMILES string of the molecule is O=C1CCC(n2nc(-c3ccc4c(c3)CCCC4)c3ccccc32)C(=O)N1. The summed E-state index contributed by atoms with van der Waals surface area (Å²) in [5.41, 5.74) is 5.79. The van der Waals surface area contributed by atoms with E-state index in [1.165, 1.54) is 24.0 Å². The minimum atomic E-state index is -0.445. The summed E-state index contributed by atoms with van der Waals surface area (Å²) in [5.74, 6) is -0.473. The van der Waals surface area contributed by atoms with E-state index in [1.54, 1.807) is 4.68 Å². The van der Waals surface area contributed by atoms with Crippen LogP contribution in [0.2, 0.25) is 0 Å². The van der Waals surface area contributed by atoms with Crippen LogP contribution in [-0.2, 0) is 22.4 Å². The Labute approximate surface area is 157 Å². The summed E-state index contributed by atoms with van der Waals surface area (Å²) in [4.78, 5) is 23.9. The van der Waals surface area contributed by atoms with Crippen LogP contribution in [0.3, 0.4) is 0 Å². The minimum absolute atomic E-state index is 0.206. The molecule has 2 heterocycles. The highest BCUT2D eigenvalue weighted by molar-refractivity contribution is 6.01. The maximum Gasteiger partial charge on any atom is 0.251 e. The molecule has 0 saturated carbocycles. The largest absolute Gasteiger partial charge is 0.295 e. The Morgan fingerprint density at radius 3 is 2.63 bits per heavy atom. The molecule has 2 aromatic carbocycles. The van der Waals surface area contributed by atoms with Gasteiger partial charge in [0, 0.05) is 17.4 Å². The zero-order chi connectivity index (χ0) is 18.4. The number of carbonyl (C=O) groups is 2. The number of nitrogens with one attached hydrogen (secondary N) is 1. The molecule has 5 nitrogen and oxygen atoms in total. The number of rotatable bonds is 2. The number of hydrogen-bond acceptors (Lipinski definition) is 3. The first kappa shape index (κ1) is 16.2. The number of carbonyl (C=O) groups excluding carboxylic acids is 2. The maximum absolute atomic E-state index is 12.4. The van der Waals surface area contributed by atoms with Crippen molar-refractivity contribution in [2.45, 2.75) is 44.6 Å². The van der Waals surface area contributed by atoms with Gasteiger partial charge in [-0.05, 0) is 55.4 Å². The van der Waals surface area contributed by atoms with Gasteiger partial charge in [-0.1, -0.05) is 30.3 Å². The number of hydrogen-bond donors (Lipinski definition) is 1. The minimum Gasteiger partial charge on any atom is -0.295 e. The van der Waals surface area contributed by atoms with E-state index >= 15 is 0 Å². The molecular formula is C22H21N3O2. The number of para-hydroxylation sites is 1. The second-order valence-corrected chi connectivity index (χ2v) is 7.47. The molecule has 5 rings (SSSR count).